The van der Waals surface area contributed by atoms with E-state index in [0.717, 1.165) is 5.56 Å². The van der Waals surface area contributed by atoms with Gasteiger partial charge in [0, 0.05) is 18.0 Å². The van der Waals surface area contributed by atoms with Crippen LogP contribution in [0.25, 0.3) is 0 Å². The van der Waals surface area contributed by atoms with E-state index in [1.165, 1.54) is 7.11 Å². The van der Waals surface area contributed by atoms with Crippen molar-refractivity contribution < 1.29 is 17.9 Å². The second kappa shape index (κ2) is 7.74. The third-order valence-electron chi connectivity index (χ3n) is 3.06. The van der Waals surface area contributed by atoms with E-state index in [1.807, 2.05) is 26.0 Å². The first-order chi connectivity index (χ1) is 8.74. The van der Waals surface area contributed by atoms with Gasteiger partial charge in [-0.3, -0.25) is 0 Å². The molecule has 0 aromatic heterocycles. The van der Waals surface area contributed by atoms with Gasteiger partial charge in [-0.2, -0.15) is 13.2 Å². The molecule has 0 heterocycles. The topological polar surface area (TPSA) is 35.2 Å². The van der Waals surface area contributed by atoms with Crippen molar-refractivity contribution in [2.24, 2.45) is 5.73 Å². The fourth-order valence-corrected chi connectivity index (χ4v) is 1.88. The molecule has 0 aliphatic carbocycles. The van der Waals surface area contributed by atoms with Crippen LogP contribution in [0.2, 0.25) is 0 Å². The second-order valence-electron chi connectivity index (χ2n) is 4.92. The summed E-state index contributed by atoms with van der Waals surface area (Å²) in [5, 5.41) is 0. The average Bonchev–Trinajstić information content (AvgIpc) is 2.34. The monoisotopic (exact) mass is 311 g/mol. The van der Waals surface area contributed by atoms with Crippen LogP contribution in [0.5, 0.6) is 5.75 Å². The molecule has 0 radical (unpaired) electrons. The number of nitrogens with two attached hydrogens (primary N) is 1. The molecular formula is C14H21ClF3NO. The van der Waals surface area contributed by atoms with E-state index >= 15 is 0 Å². The van der Waals surface area contributed by atoms with E-state index in [0.29, 0.717) is 17.2 Å². The molecule has 1 rings (SSSR count). The van der Waals surface area contributed by atoms with Crippen LogP contribution in [0.3, 0.4) is 0 Å². The number of hydrogen-bond donors (Lipinski definition) is 1. The van der Waals surface area contributed by atoms with Crippen molar-refractivity contribution >= 4 is 12.4 Å². The zero-order chi connectivity index (χ0) is 14.6. The van der Waals surface area contributed by atoms with E-state index in [1.54, 1.807) is 6.07 Å². The summed E-state index contributed by atoms with van der Waals surface area (Å²) >= 11 is 0. The number of ether oxygens (including phenoxy) is 1. The van der Waals surface area contributed by atoms with Gasteiger partial charge >= 0.3 is 6.18 Å². The Hall–Kier alpha value is -0.940. The summed E-state index contributed by atoms with van der Waals surface area (Å²) in [6.45, 7) is 4.04. The lowest BCUT2D eigenvalue weighted by Crippen LogP contribution is -2.16. The van der Waals surface area contributed by atoms with Gasteiger partial charge < -0.3 is 10.5 Å². The Morgan fingerprint density at radius 3 is 2.30 bits per heavy atom. The van der Waals surface area contributed by atoms with Crippen molar-refractivity contribution in [2.75, 3.05) is 7.11 Å². The predicted molar refractivity (Wildman–Crippen MR) is 76.5 cm³/mol. The number of benzene rings is 1. The van der Waals surface area contributed by atoms with Gasteiger partial charge in [-0.1, -0.05) is 26.0 Å². The Morgan fingerprint density at radius 2 is 1.85 bits per heavy atom. The minimum Gasteiger partial charge on any atom is -0.496 e. The van der Waals surface area contributed by atoms with Crippen molar-refractivity contribution in [1.29, 1.82) is 0 Å². The molecule has 2 nitrogen and oxygen atoms in total. The lowest BCUT2D eigenvalue weighted by molar-refractivity contribution is -0.136. The minimum absolute atomic E-state index is 0. The van der Waals surface area contributed by atoms with E-state index in [2.05, 4.69) is 0 Å². The summed E-state index contributed by atoms with van der Waals surface area (Å²) in [5.41, 5.74) is 7.54. The summed E-state index contributed by atoms with van der Waals surface area (Å²) in [6, 6.07) is 4.84. The first-order valence-electron chi connectivity index (χ1n) is 6.24. The maximum Gasteiger partial charge on any atom is 0.389 e. The molecule has 0 saturated heterocycles. The van der Waals surface area contributed by atoms with E-state index < -0.39 is 18.6 Å². The second-order valence-corrected chi connectivity index (χ2v) is 4.92. The highest BCUT2D eigenvalue weighted by atomic mass is 35.5. The predicted octanol–water partition coefficient (Wildman–Crippen LogP) is 4.58. The molecule has 0 bridgehead atoms. The highest BCUT2D eigenvalue weighted by molar-refractivity contribution is 5.85. The molecule has 20 heavy (non-hydrogen) atoms. The van der Waals surface area contributed by atoms with Crippen molar-refractivity contribution in [3.05, 3.63) is 29.3 Å². The summed E-state index contributed by atoms with van der Waals surface area (Å²) < 4.78 is 41.9. The SMILES string of the molecule is COc1ccc(C(C)C)cc1[C@@H](N)CCC(F)(F)F.Cl. The Bertz CT molecular complexity index is 421. The van der Waals surface area contributed by atoms with Crippen LogP contribution >= 0.6 is 12.4 Å². The van der Waals surface area contributed by atoms with Gasteiger partial charge in [-0.15, -0.1) is 12.4 Å². The molecule has 0 fully saturated rings. The van der Waals surface area contributed by atoms with Crippen LogP contribution in [-0.2, 0) is 0 Å². The zero-order valence-corrected chi connectivity index (χ0v) is 12.6. The standard InChI is InChI=1S/C14H20F3NO.ClH/c1-9(2)10-4-5-13(19-3)11(8-10)12(18)6-7-14(15,16)17;/h4-5,8-9,12H,6-7,18H2,1-3H3;1H/t12-;/m0./s1. The lowest BCUT2D eigenvalue weighted by atomic mass is 9.95. The number of methoxy groups -OCH3 is 1. The van der Waals surface area contributed by atoms with Gasteiger partial charge in [0.25, 0.3) is 0 Å². The molecule has 0 saturated carbocycles. The molecule has 1 aromatic rings. The first-order valence-corrected chi connectivity index (χ1v) is 6.24. The van der Waals surface area contributed by atoms with Gasteiger partial charge in [0.15, 0.2) is 0 Å². The fourth-order valence-electron chi connectivity index (χ4n) is 1.88. The van der Waals surface area contributed by atoms with Crippen molar-refractivity contribution in [2.45, 2.75) is 44.8 Å². The number of hydrogen-bond acceptors (Lipinski definition) is 2. The maximum absolute atomic E-state index is 12.2. The molecule has 6 heteroatoms. The largest absolute Gasteiger partial charge is 0.496 e. The third-order valence-corrected chi connectivity index (χ3v) is 3.06. The highest BCUT2D eigenvalue weighted by Gasteiger charge is 2.28. The summed E-state index contributed by atoms with van der Waals surface area (Å²) in [7, 11) is 1.49. The van der Waals surface area contributed by atoms with Crippen LogP contribution < -0.4 is 10.5 Å². The third kappa shape index (κ3) is 5.59. The molecule has 1 atom stereocenters. The Kier molecular flexibility index (Phi) is 7.38. The molecule has 0 amide bonds. The Balaban J connectivity index is 0.00000361. The lowest BCUT2D eigenvalue weighted by Gasteiger charge is -2.18. The molecule has 0 aliphatic heterocycles. The summed E-state index contributed by atoms with van der Waals surface area (Å²) in [4.78, 5) is 0. The van der Waals surface area contributed by atoms with Gasteiger partial charge in [0.05, 0.1) is 7.11 Å². The molecule has 116 valence electrons. The van der Waals surface area contributed by atoms with Crippen LogP contribution in [0.1, 0.15) is 49.8 Å². The quantitative estimate of drug-likeness (QED) is 0.863. The molecule has 0 spiro atoms. The van der Waals surface area contributed by atoms with Crippen LogP contribution in [0.15, 0.2) is 18.2 Å². The molecule has 1 aromatic carbocycles. The number of halogens is 4. The van der Waals surface area contributed by atoms with Gasteiger partial charge in [0.1, 0.15) is 5.75 Å². The summed E-state index contributed by atoms with van der Waals surface area (Å²) in [5.74, 6) is 0.832. The smallest absolute Gasteiger partial charge is 0.389 e. The highest BCUT2D eigenvalue weighted by Crippen LogP contribution is 2.32. The molecular weight excluding hydrogens is 291 g/mol. The van der Waals surface area contributed by atoms with Gasteiger partial charge in [0.2, 0.25) is 0 Å². The van der Waals surface area contributed by atoms with Gasteiger partial charge in [-0.25, -0.2) is 0 Å². The van der Waals surface area contributed by atoms with Crippen LogP contribution in [-0.4, -0.2) is 13.3 Å². The first kappa shape index (κ1) is 19.1. The normalized spacial score (nSPS) is 13.0. The van der Waals surface area contributed by atoms with Crippen molar-refractivity contribution in [3.63, 3.8) is 0 Å². The van der Waals surface area contributed by atoms with Gasteiger partial charge in [-0.05, 0) is 24.0 Å². The van der Waals surface area contributed by atoms with Crippen molar-refractivity contribution in [1.82, 2.24) is 0 Å². The molecule has 0 aliphatic rings. The maximum atomic E-state index is 12.2. The Labute approximate surface area is 123 Å². The molecule has 2 N–H and O–H groups in total. The zero-order valence-electron chi connectivity index (χ0n) is 11.8. The number of rotatable bonds is 5. The number of alkyl halides is 3. The van der Waals surface area contributed by atoms with E-state index in [9.17, 15) is 13.2 Å². The van der Waals surface area contributed by atoms with Crippen molar-refractivity contribution in [3.8, 4) is 5.75 Å². The summed E-state index contributed by atoms with van der Waals surface area (Å²) in [6.07, 6.45) is -5.20. The van der Waals surface area contributed by atoms with E-state index in [-0.39, 0.29) is 18.8 Å². The Morgan fingerprint density at radius 1 is 1.25 bits per heavy atom. The molecule has 0 unspecified atom stereocenters. The van der Waals surface area contributed by atoms with Crippen LogP contribution in [0, 0.1) is 0 Å². The van der Waals surface area contributed by atoms with Crippen LogP contribution in [0.4, 0.5) is 13.2 Å². The average molecular weight is 312 g/mol. The van der Waals surface area contributed by atoms with E-state index in [4.69, 9.17) is 10.5 Å². The fraction of sp³-hybridized carbons (Fsp3) is 0.571. The minimum atomic E-state index is -4.18.